The first-order chi connectivity index (χ1) is 18.1. The number of nitrogens with zero attached hydrogens (tertiary/aromatic N) is 4. The van der Waals surface area contributed by atoms with Gasteiger partial charge in [0, 0.05) is 18.6 Å². The molecular weight excluding hydrogens is 470 g/mol. The molecule has 37 heavy (non-hydrogen) atoms. The van der Waals surface area contributed by atoms with Crippen LogP contribution in [0.4, 0.5) is 5.69 Å². The van der Waals surface area contributed by atoms with Gasteiger partial charge in [-0.1, -0.05) is 87.0 Å². The first-order valence-electron chi connectivity index (χ1n) is 13.1. The van der Waals surface area contributed by atoms with Crippen molar-refractivity contribution in [3.05, 3.63) is 53.9 Å². The second-order valence-corrected chi connectivity index (χ2v) is 8.95. The van der Waals surface area contributed by atoms with Crippen molar-refractivity contribution in [3.63, 3.8) is 0 Å². The van der Waals surface area contributed by atoms with Crippen molar-refractivity contribution < 1.29 is 19.0 Å². The lowest BCUT2D eigenvalue weighted by atomic mass is 10.1. The van der Waals surface area contributed by atoms with Crippen LogP contribution in [0.2, 0.25) is 0 Å². The summed E-state index contributed by atoms with van der Waals surface area (Å²) in [6.45, 7) is 2.23. The second-order valence-electron chi connectivity index (χ2n) is 8.95. The molecule has 1 atom stereocenters. The number of anilines is 1. The lowest BCUT2D eigenvalue weighted by Gasteiger charge is -2.22. The quantitative estimate of drug-likeness (QED) is 0.239. The molecule has 0 radical (unpaired) electrons. The Kier molecular flexibility index (Phi) is 11.2. The highest BCUT2D eigenvalue weighted by Gasteiger charge is 2.27. The number of rotatable bonds is 16. The molecule has 0 aliphatic rings. The van der Waals surface area contributed by atoms with Crippen LogP contribution >= 0.6 is 0 Å². The second kappa shape index (κ2) is 14.8. The monoisotopic (exact) mass is 509 g/mol. The average Bonchev–Trinajstić information content (AvgIpc) is 3.42. The Labute approximate surface area is 219 Å². The molecule has 200 valence electrons. The number of aryl methyl sites for hydroxylation is 1. The van der Waals surface area contributed by atoms with Gasteiger partial charge in [-0.25, -0.2) is 0 Å². The number of ether oxygens (including phenoxy) is 3. The Balaban J connectivity index is 1.73. The highest BCUT2D eigenvalue weighted by molar-refractivity contribution is 5.88. The molecule has 0 saturated carbocycles. The molecule has 1 aromatic heterocycles. The van der Waals surface area contributed by atoms with Crippen LogP contribution in [0.1, 0.15) is 80.5 Å². The van der Waals surface area contributed by atoms with Crippen LogP contribution < -0.4 is 19.5 Å². The molecule has 0 aliphatic carbocycles. The van der Waals surface area contributed by atoms with Crippen molar-refractivity contribution in [2.45, 2.75) is 70.8 Å². The van der Waals surface area contributed by atoms with E-state index in [-0.39, 0.29) is 5.91 Å². The van der Waals surface area contributed by atoms with Crippen LogP contribution in [0.25, 0.3) is 0 Å². The number of carbonyl (C=O) groups excluding carboxylic acids is 1. The maximum Gasteiger partial charge on any atom is 0.292 e. The Morgan fingerprint density at radius 1 is 0.892 bits per heavy atom. The maximum atomic E-state index is 13.6. The highest BCUT2D eigenvalue weighted by Crippen LogP contribution is 2.41. The Morgan fingerprint density at radius 3 is 2.11 bits per heavy atom. The van der Waals surface area contributed by atoms with Gasteiger partial charge < -0.3 is 19.5 Å². The molecule has 0 spiro atoms. The van der Waals surface area contributed by atoms with Gasteiger partial charge in [-0.3, -0.25) is 4.79 Å². The van der Waals surface area contributed by atoms with Crippen molar-refractivity contribution in [1.82, 2.24) is 20.2 Å². The van der Waals surface area contributed by atoms with Gasteiger partial charge in [0.05, 0.1) is 21.3 Å². The minimum atomic E-state index is -0.803. The lowest BCUT2D eigenvalue weighted by molar-refractivity contribution is 0.0850. The van der Waals surface area contributed by atoms with Gasteiger partial charge in [-0.15, -0.1) is 10.2 Å². The van der Waals surface area contributed by atoms with Crippen molar-refractivity contribution >= 4 is 11.6 Å². The summed E-state index contributed by atoms with van der Waals surface area (Å²) < 4.78 is 16.5. The number of hydrogen-bond acceptors (Lipinski definition) is 8. The summed E-state index contributed by atoms with van der Waals surface area (Å²) in [5.74, 6) is 1.75. The van der Waals surface area contributed by atoms with Gasteiger partial charge in [0.15, 0.2) is 5.82 Å². The van der Waals surface area contributed by atoms with E-state index in [2.05, 4.69) is 27.7 Å². The summed E-state index contributed by atoms with van der Waals surface area (Å²) in [6, 6.07) is 12.1. The fourth-order valence-corrected chi connectivity index (χ4v) is 4.19. The molecule has 0 aliphatic heterocycles. The van der Waals surface area contributed by atoms with Crippen molar-refractivity contribution in [1.29, 1.82) is 0 Å². The summed E-state index contributed by atoms with van der Waals surface area (Å²) in [6.07, 6.45) is 10.5. The molecule has 1 unspecified atom stereocenters. The molecule has 0 bridgehead atoms. The van der Waals surface area contributed by atoms with E-state index in [1.165, 1.54) is 38.5 Å². The average molecular weight is 510 g/mol. The van der Waals surface area contributed by atoms with Gasteiger partial charge in [0.25, 0.3) is 5.91 Å². The van der Waals surface area contributed by atoms with Gasteiger partial charge in [0.2, 0.25) is 0 Å². The number of tetrazole rings is 1. The fraction of sp³-hybridized carbons (Fsp3) is 0.500. The molecule has 1 heterocycles. The van der Waals surface area contributed by atoms with Gasteiger partial charge >= 0.3 is 0 Å². The van der Waals surface area contributed by atoms with E-state index in [1.807, 2.05) is 30.3 Å². The minimum absolute atomic E-state index is 0.360. The number of carbonyl (C=O) groups is 1. The maximum absolute atomic E-state index is 13.6. The fourth-order valence-electron chi connectivity index (χ4n) is 4.19. The summed E-state index contributed by atoms with van der Waals surface area (Å²) in [7, 11) is 4.67. The summed E-state index contributed by atoms with van der Waals surface area (Å²) >= 11 is 0. The molecular formula is C28H39N5O4. The molecule has 9 nitrogen and oxygen atoms in total. The zero-order chi connectivity index (χ0) is 26.5. The van der Waals surface area contributed by atoms with Crippen LogP contribution in [-0.4, -0.2) is 47.4 Å². The van der Waals surface area contributed by atoms with Crippen LogP contribution in [0.3, 0.4) is 0 Å². The molecule has 0 fully saturated rings. The van der Waals surface area contributed by atoms with Gasteiger partial charge in [0.1, 0.15) is 29.0 Å². The standard InChI is InChI=1S/C28H39N5O4/c1-5-6-7-8-9-10-11-15-18-25-30-32-33(31-25)28(34)26(21-16-13-12-14-17-21)29-27-23(36-3)19-22(35-2)20-24(27)37-4/h12-14,16-17,19-20,26,29H,5-11,15,18H2,1-4H3. The van der Waals surface area contributed by atoms with E-state index in [0.29, 0.717) is 35.2 Å². The molecule has 2 aromatic carbocycles. The first kappa shape index (κ1) is 28.0. The number of benzene rings is 2. The van der Waals surface area contributed by atoms with Crippen LogP contribution in [0, 0.1) is 0 Å². The number of unbranched alkanes of at least 4 members (excludes halogenated alkanes) is 7. The molecule has 1 N–H and O–H groups in total. The smallest absolute Gasteiger partial charge is 0.292 e. The Morgan fingerprint density at radius 2 is 1.51 bits per heavy atom. The van der Waals surface area contributed by atoms with E-state index >= 15 is 0 Å². The van der Waals surface area contributed by atoms with Gasteiger partial charge in [-0.05, 0) is 17.2 Å². The predicted octanol–water partition coefficient (Wildman–Crippen LogP) is 5.88. The SMILES string of the molecule is CCCCCCCCCCc1nnn(C(=O)C(Nc2c(OC)cc(OC)cc2OC)c2ccccc2)n1. The number of hydrogen-bond donors (Lipinski definition) is 1. The molecule has 0 amide bonds. The Hall–Kier alpha value is -3.62. The Bertz CT molecular complexity index is 1080. The van der Waals surface area contributed by atoms with E-state index < -0.39 is 6.04 Å². The topological polar surface area (TPSA) is 100 Å². The molecule has 9 heteroatoms. The number of nitrogens with one attached hydrogen (secondary N) is 1. The third kappa shape index (κ3) is 7.93. The zero-order valence-electron chi connectivity index (χ0n) is 22.4. The molecule has 0 saturated heterocycles. The largest absolute Gasteiger partial charge is 0.496 e. The minimum Gasteiger partial charge on any atom is -0.496 e. The van der Waals surface area contributed by atoms with E-state index in [1.54, 1.807) is 33.5 Å². The normalized spacial score (nSPS) is 11.7. The van der Waals surface area contributed by atoms with Crippen LogP contribution in [0.15, 0.2) is 42.5 Å². The van der Waals surface area contributed by atoms with Crippen molar-refractivity contribution in [2.75, 3.05) is 26.6 Å². The third-order valence-corrected chi connectivity index (χ3v) is 6.29. The highest BCUT2D eigenvalue weighted by atomic mass is 16.5. The van der Waals surface area contributed by atoms with Crippen molar-refractivity contribution in [3.8, 4) is 17.2 Å². The summed E-state index contributed by atoms with van der Waals surface area (Å²) in [5.41, 5.74) is 1.27. The lowest BCUT2D eigenvalue weighted by Crippen LogP contribution is -2.28. The zero-order valence-corrected chi connectivity index (χ0v) is 22.4. The number of methoxy groups -OCH3 is 3. The van der Waals surface area contributed by atoms with E-state index in [0.717, 1.165) is 23.2 Å². The third-order valence-electron chi connectivity index (χ3n) is 6.29. The van der Waals surface area contributed by atoms with Crippen LogP contribution in [0.5, 0.6) is 17.2 Å². The van der Waals surface area contributed by atoms with Crippen molar-refractivity contribution in [2.24, 2.45) is 0 Å². The van der Waals surface area contributed by atoms with Gasteiger partial charge in [-0.2, -0.15) is 0 Å². The van der Waals surface area contributed by atoms with E-state index in [4.69, 9.17) is 14.2 Å². The summed E-state index contributed by atoms with van der Waals surface area (Å²) in [5, 5.41) is 15.9. The van der Waals surface area contributed by atoms with E-state index in [9.17, 15) is 4.79 Å². The van der Waals surface area contributed by atoms with Crippen LogP contribution in [-0.2, 0) is 6.42 Å². The first-order valence-corrected chi connectivity index (χ1v) is 13.1. The summed E-state index contributed by atoms with van der Waals surface area (Å²) in [4.78, 5) is 14.7. The molecule has 3 aromatic rings. The molecule has 3 rings (SSSR count). The number of aromatic nitrogens is 4. The predicted molar refractivity (Wildman–Crippen MR) is 144 cm³/mol.